The van der Waals surface area contributed by atoms with Gasteiger partial charge in [-0.2, -0.15) is 0 Å². The number of likely N-dealkylation sites (tertiary alicyclic amines) is 1. The number of amides is 2. The molecule has 0 radical (unpaired) electrons. The zero-order chi connectivity index (χ0) is 37.2. The normalized spacial score (nSPS) is 22.0. The lowest BCUT2D eigenvalue weighted by Crippen LogP contribution is -2.66. The second kappa shape index (κ2) is 15.4. The van der Waals surface area contributed by atoms with Crippen molar-refractivity contribution < 1.29 is 23.9 Å². The number of phenolic OH excluding ortho intramolecular Hbond substituents is 1. The number of carbonyl (C=O) groups is 2. The van der Waals surface area contributed by atoms with Gasteiger partial charge in [-0.05, 0) is 81.1 Å². The number of ether oxygens (including phenoxy) is 1. The van der Waals surface area contributed by atoms with Crippen molar-refractivity contribution in [3.05, 3.63) is 138 Å². The smallest absolute Gasteiger partial charge is 0.261 e. The maximum absolute atomic E-state index is 14.0. The topological polar surface area (TPSA) is 76.1 Å². The van der Waals surface area contributed by atoms with Crippen LogP contribution in [0.15, 0.2) is 126 Å². The van der Waals surface area contributed by atoms with Gasteiger partial charge in [0.25, 0.3) is 8.32 Å². The zero-order valence-corrected chi connectivity index (χ0v) is 32.3. The number of nitrogens with zero attached hydrogens (tertiary/aromatic N) is 1. The highest BCUT2D eigenvalue weighted by Crippen LogP contribution is 2.50. The molecular formula is C46H51NO5Si. The Bertz CT molecular complexity index is 1950. The summed E-state index contributed by atoms with van der Waals surface area (Å²) in [7, 11) is -2.88. The fourth-order valence-electron chi connectivity index (χ4n) is 9.13. The van der Waals surface area contributed by atoms with Crippen LogP contribution in [-0.2, 0) is 18.8 Å². The second-order valence-corrected chi connectivity index (χ2v) is 20.1. The first-order valence-corrected chi connectivity index (χ1v) is 21.0. The van der Waals surface area contributed by atoms with Gasteiger partial charge in [0.2, 0.25) is 11.8 Å². The summed E-state index contributed by atoms with van der Waals surface area (Å²) in [5.74, 6) is -0.823. The summed E-state index contributed by atoms with van der Waals surface area (Å²) < 4.78 is 14.2. The SMILES string of the molecule is CCCN1C(=O)[C@@H]2[C@@H](CC(CO[Si](c3ccccc3)(c3ccccc3)C(C)(C)C)=C3[C@@H](CC/C(=C/c4cccc(O)c4)c4ccccc4)OC[C@@H]32)C1=O. The van der Waals surface area contributed by atoms with E-state index in [1.165, 1.54) is 15.3 Å². The largest absolute Gasteiger partial charge is 0.508 e. The first kappa shape index (κ1) is 36.8. The van der Waals surface area contributed by atoms with Crippen molar-refractivity contribution in [1.29, 1.82) is 0 Å². The predicted octanol–water partition coefficient (Wildman–Crippen LogP) is 8.02. The van der Waals surface area contributed by atoms with E-state index < -0.39 is 20.2 Å². The van der Waals surface area contributed by atoms with Crippen LogP contribution in [0.1, 0.15) is 64.5 Å². The van der Waals surface area contributed by atoms with Crippen LogP contribution < -0.4 is 10.4 Å². The van der Waals surface area contributed by atoms with Crippen LogP contribution in [-0.4, -0.2) is 56.0 Å². The molecule has 4 atom stereocenters. The van der Waals surface area contributed by atoms with Gasteiger partial charge in [0.1, 0.15) is 5.75 Å². The number of phenols is 1. The highest BCUT2D eigenvalue weighted by Gasteiger charge is 2.57. The van der Waals surface area contributed by atoms with Crippen LogP contribution in [0.3, 0.4) is 0 Å². The van der Waals surface area contributed by atoms with E-state index in [2.05, 4.69) is 99.6 Å². The third kappa shape index (κ3) is 7.10. The number of hydrogen-bond acceptors (Lipinski definition) is 5. The molecular weight excluding hydrogens is 675 g/mol. The van der Waals surface area contributed by atoms with E-state index >= 15 is 0 Å². The molecule has 6 nitrogen and oxygen atoms in total. The van der Waals surface area contributed by atoms with Gasteiger partial charge < -0.3 is 14.3 Å². The average molecular weight is 726 g/mol. The fraction of sp³-hybridized carbons (Fsp3) is 0.348. The van der Waals surface area contributed by atoms with Crippen LogP contribution in [0.25, 0.3) is 11.6 Å². The molecule has 0 unspecified atom stereocenters. The first-order valence-electron chi connectivity index (χ1n) is 19.1. The van der Waals surface area contributed by atoms with Gasteiger partial charge in [0.05, 0.1) is 31.2 Å². The van der Waals surface area contributed by atoms with E-state index in [4.69, 9.17) is 9.16 Å². The lowest BCUT2D eigenvalue weighted by Gasteiger charge is -2.44. The van der Waals surface area contributed by atoms with E-state index in [1.54, 1.807) is 12.1 Å². The second-order valence-electron chi connectivity index (χ2n) is 15.8. The van der Waals surface area contributed by atoms with Gasteiger partial charge in [0.15, 0.2) is 0 Å². The average Bonchev–Trinajstić information content (AvgIpc) is 3.69. The lowest BCUT2D eigenvalue weighted by atomic mass is 9.69. The van der Waals surface area contributed by atoms with Crippen molar-refractivity contribution >= 4 is 42.2 Å². The van der Waals surface area contributed by atoms with Crippen molar-refractivity contribution in [2.75, 3.05) is 19.8 Å². The fourth-order valence-corrected chi connectivity index (χ4v) is 13.7. The van der Waals surface area contributed by atoms with Crippen molar-refractivity contribution in [3.63, 3.8) is 0 Å². The molecule has 53 heavy (non-hydrogen) atoms. The quantitative estimate of drug-likeness (QED) is 0.0694. The number of hydrogen-bond donors (Lipinski definition) is 1. The standard InChI is InChI=1S/C46H51NO5Si/c1-5-26-47-44(49)39-29-35(30-52-53(46(2,3)4,37-20-11-7-12-21-37)38-22-13-8-14-23-38)42-40(43(39)45(47)50)31-51-41(42)25-24-34(33-17-9-6-10-18-33)27-32-16-15-19-36(48)28-32/h6-23,27-28,39-41,43,48H,5,24-26,29-31H2,1-4H3/b34-27-/t39-,40+,41-,43-/m1/s1. The maximum Gasteiger partial charge on any atom is 0.261 e. The Labute approximate surface area is 315 Å². The number of fused-ring (bicyclic) bond motifs is 3. The van der Waals surface area contributed by atoms with Crippen LogP contribution >= 0.6 is 0 Å². The molecule has 0 bridgehead atoms. The molecule has 2 amide bonds. The summed E-state index contributed by atoms with van der Waals surface area (Å²) in [5, 5.41) is 12.4. The van der Waals surface area contributed by atoms with E-state index in [-0.39, 0.29) is 34.6 Å². The Balaban J connectivity index is 1.28. The molecule has 7 rings (SSSR count). The van der Waals surface area contributed by atoms with Crippen LogP contribution in [0.5, 0.6) is 5.75 Å². The Hall–Kier alpha value is -4.56. The van der Waals surface area contributed by atoms with Crippen LogP contribution in [0.4, 0.5) is 0 Å². The molecule has 7 heteroatoms. The summed E-state index contributed by atoms with van der Waals surface area (Å²) in [6.45, 7) is 10.1. The van der Waals surface area contributed by atoms with Gasteiger partial charge in [0, 0.05) is 12.5 Å². The molecule has 2 fully saturated rings. The minimum absolute atomic E-state index is 0.0469. The van der Waals surface area contributed by atoms with Gasteiger partial charge in [-0.15, -0.1) is 0 Å². The van der Waals surface area contributed by atoms with Gasteiger partial charge >= 0.3 is 0 Å². The summed E-state index contributed by atoms with van der Waals surface area (Å²) >= 11 is 0. The van der Waals surface area contributed by atoms with Gasteiger partial charge in [-0.25, -0.2) is 0 Å². The van der Waals surface area contributed by atoms with Crippen molar-refractivity contribution in [2.45, 2.75) is 64.5 Å². The van der Waals surface area contributed by atoms with E-state index in [9.17, 15) is 14.7 Å². The number of rotatable bonds is 12. The van der Waals surface area contributed by atoms with E-state index in [0.29, 0.717) is 32.6 Å². The summed E-state index contributed by atoms with van der Waals surface area (Å²) in [5.41, 5.74) is 5.46. The number of allylic oxidation sites excluding steroid dienone is 1. The number of imide groups is 1. The third-order valence-electron chi connectivity index (χ3n) is 11.5. The lowest BCUT2D eigenvalue weighted by molar-refractivity contribution is -0.140. The van der Waals surface area contributed by atoms with E-state index in [0.717, 1.165) is 40.7 Å². The molecule has 1 N–H and O–H groups in total. The first-order chi connectivity index (χ1) is 25.6. The minimum Gasteiger partial charge on any atom is -0.508 e. The zero-order valence-electron chi connectivity index (χ0n) is 31.3. The molecule has 2 aliphatic heterocycles. The molecule has 4 aromatic carbocycles. The summed E-state index contributed by atoms with van der Waals surface area (Å²) in [4.78, 5) is 29.4. The van der Waals surface area contributed by atoms with Gasteiger partial charge in [-0.1, -0.05) is 137 Å². The van der Waals surface area contributed by atoms with Crippen molar-refractivity contribution in [2.24, 2.45) is 17.8 Å². The molecule has 4 aromatic rings. The molecule has 3 aliphatic rings. The highest BCUT2D eigenvalue weighted by molar-refractivity contribution is 6.99. The summed E-state index contributed by atoms with van der Waals surface area (Å²) in [6.07, 6.45) is 4.61. The Morgan fingerprint density at radius 2 is 1.51 bits per heavy atom. The monoisotopic (exact) mass is 725 g/mol. The van der Waals surface area contributed by atoms with Crippen molar-refractivity contribution in [3.8, 4) is 5.75 Å². The molecule has 2 heterocycles. The molecule has 274 valence electrons. The van der Waals surface area contributed by atoms with Gasteiger partial charge in [-0.3, -0.25) is 14.5 Å². The number of benzene rings is 4. The van der Waals surface area contributed by atoms with Crippen LogP contribution in [0, 0.1) is 17.8 Å². The Kier molecular flexibility index (Phi) is 10.7. The molecule has 1 aliphatic carbocycles. The molecule has 2 saturated heterocycles. The Morgan fingerprint density at radius 3 is 2.11 bits per heavy atom. The predicted molar refractivity (Wildman–Crippen MR) is 214 cm³/mol. The number of aromatic hydroxyl groups is 1. The minimum atomic E-state index is -2.88. The Morgan fingerprint density at radius 1 is 0.868 bits per heavy atom. The molecule has 0 saturated carbocycles. The van der Waals surface area contributed by atoms with Crippen molar-refractivity contribution in [1.82, 2.24) is 4.90 Å². The van der Waals surface area contributed by atoms with Crippen LogP contribution in [0.2, 0.25) is 5.04 Å². The third-order valence-corrected chi connectivity index (χ3v) is 16.4. The molecule has 0 spiro atoms. The maximum atomic E-state index is 14.0. The summed E-state index contributed by atoms with van der Waals surface area (Å²) in [6, 6.07) is 39.0. The highest BCUT2D eigenvalue weighted by atomic mass is 28.4. The molecule has 0 aromatic heterocycles. The van der Waals surface area contributed by atoms with E-state index in [1.807, 2.05) is 37.3 Å². The number of carbonyl (C=O) groups excluding carboxylic acids is 2.